The highest BCUT2D eigenvalue weighted by atomic mass is 32.1. The van der Waals surface area contributed by atoms with Crippen molar-refractivity contribution in [2.75, 3.05) is 11.9 Å². The molecule has 194 valence electrons. The largest absolute Gasteiger partial charge is 0.494 e. The van der Waals surface area contributed by atoms with Gasteiger partial charge in [-0.3, -0.25) is 0 Å². The lowest BCUT2D eigenvalue weighted by Crippen LogP contribution is -2.31. The molecule has 0 aliphatic heterocycles. The van der Waals surface area contributed by atoms with Gasteiger partial charge in [0.15, 0.2) is 6.10 Å². The van der Waals surface area contributed by atoms with Crippen molar-refractivity contribution in [3.05, 3.63) is 59.7 Å². The number of halogens is 3. The highest BCUT2D eigenvalue weighted by Crippen LogP contribution is 2.28. The van der Waals surface area contributed by atoms with E-state index in [1.807, 2.05) is 31.2 Å². The van der Waals surface area contributed by atoms with Gasteiger partial charge in [-0.2, -0.15) is 13.2 Å². The van der Waals surface area contributed by atoms with E-state index in [-0.39, 0.29) is 13.0 Å². The molecular weight excluding hydrogens is 471 g/mol. The highest BCUT2D eigenvalue weighted by molar-refractivity contribution is 7.81. The summed E-state index contributed by atoms with van der Waals surface area (Å²) in [5.41, 5.74) is 2.31. The maximum absolute atomic E-state index is 13.3. The molecule has 7 heteroatoms. The summed E-state index contributed by atoms with van der Waals surface area (Å²) in [5.74, 6) is 0.824. The van der Waals surface area contributed by atoms with Crippen LogP contribution in [0.3, 0.4) is 0 Å². The first-order valence-electron chi connectivity index (χ1n) is 12.6. The topological polar surface area (TPSA) is 30.5 Å². The smallest absolute Gasteiger partial charge is 0.414 e. The van der Waals surface area contributed by atoms with E-state index < -0.39 is 12.3 Å². The maximum Gasteiger partial charge on any atom is 0.414 e. The van der Waals surface area contributed by atoms with Gasteiger partial charge in [-0.1, -0.05) is 95.3 Å². The minimum atomic E-state index is -4.35. The van der Waals surface area contributed by atoms with Crippen LogP contribution in [0, 0.1) is 0 Å². The first-order chi connectivity index (χ1) is 16.8. The summed E-state index contributed by atoms with van der Waals surface area (Å²) in [5, 5.41) is 3.19. The summed E-state index contributed by atoms with van der Waals surface area (Å²) in [4.78, 5) is 0.537. The summed E-state index contributed by atoms with van der Waals surface area (Å²) < 4.78 is 50.8. The summed E-state index contributed by atoms with van der Waals surface area (Å²) in [6.45, 7) is 4.84. The molecule has 0 saturated carbocycles. The van der Waals surface area contributed by atoms with E-state index in [9.17, 15) is 13.2 Å². The second kappa shape index (κ2) is 15.8. The number of thiocarbonyl (C=S) groups is 1. The Morgan fingerprint density at radius 3 is 2.09 bits per heavy atom. The number of alkyl halides is 3. The van der Waals surface area contributed by atoms with Gasteiger partial charge in [-0.05, 0) is 42.7 Å². The Labute approximate surface area is 213 Å². The van der Waals surface area contributed by atoms with Crippen molar-refractivity contribution in [2.45, 2.75) is 90.5 Å². The van der Waals surface area contributed by atoms with Crippen molar-refractivity contribution in [1.29, 1.82) is 0 Å². The van der Waals surface area contributed by atoms with E-state index >= 15 is 0 Å². The molecule has 0 aromatic heterocycles. The van der Waals surface area contributed by atoms with E-state index in [2.05, 4.69) is 12.2 Å². The predicted molar refractivity (Wildman–Crippen MR) is 141 cm³/mol. The first-order valence-corrected chi connectivity index (χ1v) is 13.1. The van der Waals surface area contributed by atoms with Gasteiger partial charge in [-0.25, -0.2) is 0 Å². The van der Waals surface area contributed by atoms with Gasteiger partial charge < -0.3 is 14.8 Å². The Hall–Kier alpha value is -2.12. The lowest BCUT2D eigenvalue weighted by molar-refractivity contribution is -0.225. The zero-order chi connectivity index (χ0) is 25.5. The Bertz CT molecular complexity index is 854. The highest BCUT2D eigenvalue weighted by Gasteiger charge is 2.40. The molecule has 0 heterocycles. The molecule has 0 radical (unpaired) electrons. The molecule has 0 bridgehead atoms. The van der Waals surface area contributed by atoms with Crippen LogP contribution in [0.25, 0.3) is 0 Å². The number of ether oxygens (including phenoxy) is 2. The Morgan fingerprint density at radius 2 is 1.49 bits per heavy atom. The molecule has 35 heavy (non-hydrogen) atoms. The number of anilines is 1. The number of hydrogen-bond donors (Lipinski definition) is 1. The van der Waals surface area contributed by atoms with Crippen molar-refractivity contribution in [3.63, 3.8) is 0 Å². The molecule has 3 nitrogen and oxygen atoms in total. The fourth-order valence-corrected chi connectivity index (χ4v) is 3.86. The van der Waals surface area contributed by atoms with E-state index in [0.717, 1.165) is 42.7 Å². The number of nitrogens with one attached hydrogen (secondary N) is 1. The van der Waals surface area contributed by atoms with Gasteiger partial charge in [0.25, 0.3) is 0 Å². The first kappa shape index (κ1) is 29.1. The molecular formula is C28H38F3NO2S. The van der Waals surface area contributed by atoms with Crippen LogP contribution in [0.2, 0.25) is 0 Å². The Morgan fingerprint density at radius 1 is 0.857 bits per heavy atom. The number of benzene rings is 2. The monoisotopic (exact) mass is 509 g/mol. The lowest BCUT2D eigenvalue weighted by Gasteiger charge is -2.21. The van der Waals surface area contributed by atoms with Crippen LogP contribution in [-0.2, 0) is 11.3 Å². The zero-order valence-corrected chi connectivity index (χ0v) is 21.6. The van der Waals surface area contributed by atoms with Gasteiger partial charge in [0.05, 0.1) is 13.2 Å². The van der Waals surface area contributed by atoms with Crippen molar-refractivity contribution in [1.82, 2.24) is 0 Å². The molecule has 2 rings (SSSR count). The fourth-order valence-electron chi connectivity index (χ4n) is 3.60. The molecule has 0 aliphatic carbocycles. The van der Waals surface area contributed by atoms with E-state index in [0.29, 0.717) is 23.6 Å². The Balaban J connectivity index is 1.82. The van der Waals surface area contributed by atoms with E-state index in [4.69, 9.17) is 21.7 Å². The molecule has 2 aromatic rings. The van der Waals surface area contributed by atoms with Gasteiger partial charge in [-0.15, -0.1) is 0 Å². The van der Waals surface area contributed by atoms with Crippen LogP contribution < -0.4 is 10.1 Å². The van der Waals surface area contributed by atoms with Crippen LogP contribution in [0.4, 0.5) is 18.9 Å². The maximum atomic E-state index is 13.3. The van der Waals surface area contributed by atoms with Crippen LogP contribution in [0.5, 0.6) is 5.75 Å². The molecule has 0 amide bonds. The van der Waals surface area contributed by atoms with Crippen molar-refractivity contribution >= 4 is 22.9 Å². The van der Waals surface area contributed by atoms with E-state index in [1.165, 1.54) is 19.3 Å². The quantitative estimate of drug-likeness (QED) is 0.181. The molecule has 2 aromatic carbocycles. The van der Waals surface area contributed by atoms with E-state index in [1.54, 1.807) is 24.3 Å². The SMILES string of the molecule is CCCCCCOc1ccc(NC(=S)c2ccc(COC(CCCCCC)C(F)(F)F)cc2)cc1. The molecule has 1 N–H and O–H groups in total. The third-order valence-electron chi connectivity index (χ3n) is 5.73. The second-order valence-corrected chi connectivity index (χ2v) is 9.18. The average molecular weight is 510 g/mol. The normalized spacial score (nSPS) is 12.4. The zero-order valence-electron chi connectivity index (χ0n) is 20.8. The predicted octanol–water partition coefficient (Wildman–Crippen LogP) is 8.85. The van der Waals surface area contributed by atoms with Crippen LogP contribution in [0.15, 0.2) is 48.5 Å². The molecule has 0 saturated heterocycles. The van der Waals surface area contributed by atoms with Gasteiger partial charge in [0, 0.05) is 11.3 Å². The molecule has 1 atom stereocenters. The minimum absolute atomic E-state index is 0.00171. The number of hydrogen-bond acceptors (Lipinski definition) is 3. The molecule has 0 spiro atoms. The Kier molecular flexibility index (Phi) is 13.1. The van der Waals surface area contributed by atoms with Crippen LogP contribution in [0.1, 0.15) is 82.8 Å². The second-order valence-electron chi connectivity index (χ2n) is 8.78. The van der Waals surface area contributed by atoms with Crippen molar-refractivity contribution < 1.29 is 22.6 Å². The molecule has 0 fully saturated rings. The van der Waals surface area contributed by atoms with Crippen molar-refractivity contribution in [3.8, 4) is 5.75 Å². The fraction of sp³-hybridized carbons (Fsp3) is 0.536. The summed E-state index contributed by atoms with van der Waals surface area (Å²) in [7, 11) is 0. The minimum Gasteiger partial charge on any atom is -0.494 e. The standard InChI is InChI=1S/C28H38F3NO2S/c1-3-5-7-9-11-26(28(29,30)31)34-21-22-12-14-23(15-13-22)27(35)32-24-16-18-25(19-17-24)33-20-10-8-6-4-2/h12-19,26H,3-11,20-21H2,1-2H3,(H,32,35). The third-order valence-corrected chi connectivity index (χ3v) is 6.07. The molecule has 1 unspecified atom stereocenters. The van der Waals surface area contributed by atoms with Crippen LogP contribution in [-0.4, -0.2) is 23.9 Å². The van der Waals surface area contributed by atoms with Crippen molar-refractivity contribution in [2.24, 2.45) is 0 Å². The van der Waals surface area contributed by atoms with Gasteiger partial charge >= 0.3 is 6.18 Å². The lowest BCUT2D eigenvalue weighted by atomic mass is 10.1. The van der Waals surface area contributed by atoms with Gasteiger partial charge in [0.2, 0.25) is 0 Å². The molecule has 0 aliphatic rings. The van der Waals surface area contributed by atoms with Crippen LogP contribution >= 0.6 is 12.2 Å². The third kappa shape index (κ3) is 11.4. The number of unbranched alkanes of at least 4 members (excludes halogenated alkanes) is 6. The van der Waals surface area contributed by atoms with Gasteiger partial charge in [0.1, 0.15) is 10.7 Å². The average Bonchev–Trinajstić information content (AvgIpc) is 2.84. The summed E-state index contributed by atoms with van der Waals surface area (Å²) in [6, 6.07) is 14.7. The summed E-state index contributed by atoms with van der Waals surface area (Å²) >= 11 is 5.49. The number of rotatable bonds is 16. The summed E-state index contributed by atoms with van der Waals surface area (Å²) in [6.07, 6.45) is 1.81.